The van der Waals surface area contributed by atoms with E-state index in [0.717, 1.165) is 5.56 Å². The molecule has 1 aromatic carbocycles. The molecule has 2 unspecified atom stereocenters. The van der Waals surface area contributed by atoms with E-state index in [4.69, 9.17) is 5.73 Å². The first kappa shape index (κ1) is 9.04. The van der Waals surface area contributed by atoms with Gasteiger partial charge in [-0.25, -0.2) is 4.39 Å². The predicted molar refractivity (Wildman–Crippen MR) is 60.3 cm³/mol. The monoisotopic (exact) mass is 219 g/mol. The predicted octanol–water partition coefficient (Wildman–Crippen LogP) is 2.95. The van der Waals surface area contributed by atoms with E-state index in [0.29, 0.717) is 5.70 Å². The topological polar surface area (TPSA) is 26.0 Å². The molecule has 0 amide bonds. The van der Waals surface area contributed by atoms with Crippen LogP contribution in [-0.4, -0.2) is 5.25 Å². The van der Waals surface area contributed by atoms with Crippen LogP contribution in [-0.2, 0) is 0 Å². The maximum absolute atomic E-state index is 13.4. The second-order valence-corrected chi connectivity index (χ2v) is 4.98. The number of fused-ring (bicyclic) bond motifs is 3. The Morgan fingerprint density at radius 1 is 1.27 bits per heavy atom. The number of allylic oxidation sites excluding steroid dienone is 3. The van der Waals surface area contributed by atoms with Crippen LogP contribution in [0.5, 0.6) is 0 Å². The lowest BCUT2D eigenvalue weighted by molar-refractivity contribution is 0.617. The van der Waals surface area contributed by atoms with Crippen LogP contribution in [0.1, 0.15) is 11.5 Å². The number of hydrogen-bond donors (Lipinski definition) is 1. The molecule has 1 aliphatic carbocycles. The third kappa shape index (κ3) is 1.23. The summed E-state index contributed by atoms with van der Waals surface area (Å²) in [4.78, 5) is 1.22. The molecule has 1 aliphatic heterocycles. The Morgan fingerprint density at radius 2 is 2.07 bits per heavy atom. The number of hydrogen-bond acceptors (Lipinski definition) is 2. The normalized spacial score (nSPS) is 27.8. The fraction of sp³-hybridized carbons (Fsp3) is 0.167. The van der Waals surface area contributed by atoms with Crippen molar-refractivity contribution in [2.24, 2.45) is 5.73 Å². The van der Waals surface area contributed by atoms with Gasteiger partial charge in [-0.15, -0.1) is 11.8 Å². The van der Waals surface area contributed by atoms with Crippen LogP contribution < -0.4 is 5.73 Å². The zero-order chi connectivity index (χ0) is 10.4. The van der Waals surface area contributed by atoms with E-state index in [9.17, 15) is 4.39 Å². The van der Waals surface area contributed by atoms with E-state index >= 15 is 0 Å². The maximum atomic E-state index is 13.4. The highest BCUT2D eigenvalue weighted by atomic mass is 32.2. The Kier molecular flexibility index (Phi) is 1.89. The molecule has 1 nitrogen and oxygen atoms in total. The van der Waals surface area contributed by atoms with E-state index in [1.165, 1.54) is 11.0 Å². The molecule has 1 heterocycles. The van der Waals surface area contributed by atoms with Gasteiger partial charge in [0.15, 0.2) is 0 Å². The lowest BCUT2D eigenvalue weighted by atomic mass is 9.89. The number of rotatable bonds is 0. The highest BCUT2D eigenvalue weighted by Crippen LogP contribution is 2.50. The van der Waals surface area contributed by atoms with E-state index in [1.807, 2.05) is 24.3 Å². The van der Waals surface area contributed by atoms with Crippen LogP contribution in [0.25, 0.3) is 0 Å². The van der Waals surface area contributed by atoms with Crippen LogP contribution in [0.15, 0.2) is 52.8 Å². The molecule has 0 saturated carbocycles. The molecule has 15 heavy (non-hydrogen) atoms. The Labute approximate surface area is 91.9 Å². The molecular formula is C12H10FNS. The standard InChI is InChI=1S/C12H10FNS/c13-8-5-6-10-11(12(8)14)7-3-1-2-4-9(7)15-10/h1-6,10-11H,14H2. The third-order valence-electron chi connectivity index (χ3n) is 2.89. The Hall–Kier alpha value is -1.22. The molecular weight excluding hydrogens is 209 g/mol. The lowest BCUT2D eigenvalue weighted by Crippen LogP contribution is -2.20. The summed E-state index contributed by atoms with van der Waals surface area (Å²) in [6.07, 6.45) is 3.39. The minimum absolute atomic E-state index is 0.0243. The molecule has 2 N–H and O–H groups in total. The van der Waals surface area contributed by atoms with Gasteiger partial charge < -0.3 is 5.73 Å². The molecule has 0 saturated heterocycles. The fourth-order valence-corrected chi connectivity index (χ4v) is 3.52. The molecule has 0 radical (unpaired) electrons. The lowest BCUT2D eigenvalue weighted by Gasteiger charge is -2.20. The highest BCUT2D eigenvalue weighted by molar-refractivity contribution is 8.00. The number of thioether (sulfide) groups is 1. The average Bonchev–Trinajstić information content (AvgIpc) is 2.62. The molecule has 0 aromatic heterocycles. The molecule has 3 heteroatoms. The summed E-state index contributed by atoms with van der Waals surface area (Å²) in [6.45, 7) is 0. The summed E-state index contributed by atoms with van der Waals surface area (Å²) in [6, 6.07) is 8.08. The fourth-order valence-electron chi connectivity index (χ4n) is 2.16. The van der Waals surface area contributed by atoms with Gasteiger partial charge in [0.2, 0.25) is 0 Å². The second-order valence-electron chi connectivity index (χ2n) is 3.76. The number of halogens is 1. The van der Waals surface area contributed by atoms with Gasteiger partial charge in [-0.1, -0.05) is 24.3 Å². The van der Waals surface area contributed by atoms with Gasteiger partial charge in [0.1, 0.15) is 5.83 Å². The zero-order valence-electron chi connectivity index (χ0n) is 7.98. The smallest absolute Gasteiger partial charge is 0.142 e. The first-order valence-corrected chi connectivity index (χ1v) is 5.74. The van der Waals surface area contributed by atoms with Gasteiger partial charge >= 0.3 is 0 Å². The summed E-state index contributed by atoms with van der Waals surface area (Å²) in [5, 5.41) is 0.266. The molecule has 0 bridgehead atoms. The minimum Gasteiger partial charge on any atom is -0.399 e. The minimum atomic E-state index is -0.284. The average molecular weight is 219 g/mol. The van der Waals surface area contributed by atoms with Crippen molar-refractivity contribution >= 4 is 11.8 Å². The van der Waals surface area contributed by atoms with Gasteiger partial charge in [0.05, 0.1) is 5.70 Å². The Balaban J connectivity index is 2.15. The Morgan fingerprint density at radius 3 is 2.93 bits per heavy atom. The second kappa shape index (κ2) is 3.14. The molecule has 1 aromatic rings. The number of benzene rings is 1. The van der Waals surface area contributed by atoms with Crippen molar-refractivity contribution in [1.29, 1.82) is 0 Å². The summed E-state index contributed by atoms with van der Waals surface area (Å²) in [7, 11) is 0. The van der Waals surface area contributed by atoms with Crippen molar-refractivity contribution in [3.05, 3.63) is 53.5 Å². The highest BCUT2D eigenvalue weighted by Gasteiger charge is 2.36. The first-order chi connectivity index (χ1) is 7.27. The molecule has 0 fully saturated rings. The van der Waals surface area contributed by atoms with E-state index in [-0.39, 0.29) is 17.0 Å². The van der Waals surface area contributed by atoms with Gasteiger partial charge in [0, 0.05) is 16.1 Å². The quantitative estimate of drug-likeness (QED) is 0.726. The third-order valence-corrected chi connectivity index (χ3v) is 4.22. The van der Waals surface area contributed by atoms with Crippen LogP contribution >= 0.6 is 11.8 Å². The molecule has 2 atom stereocenters. The van der Waals surface area contributed by atoms with Crippen molar-refractivity contribution in [3.8, 4) is 0 Å². The maximum Gasteiger partial charge on any atom is 0.142 e. The van der Waals surface area contributed by atoms with Gasteiger partial charge in [-0.2, -0.15) is 0 Å². The molecule has 3 rings (SSSR count). The molecule has 0 spiro atoms. The zero-order valence-corrected chi connectivity index (χ0v) is 8.80. The van der Waals surface area contributed by atoms with E-state index in [1.54, 1.807) is 11.8 Å². The van der Waals surface area contributed by atoms with Crippen LogP contribution in [0.4, 0.5) is 4.39 Å². The van der Waals surface area contributed by atoms with Crippen molar-refractivity contribution in [2.45, 2.75) is 16.1 Å². The van der Waals surface area contributed by atoms with Gasteiger partial charge in [-0.3, -0.25) is 0 Å². The van der Waals surface area contributed by atoms with Crippen molar-refractivity contribution < 1.29 is 4.39 Å². The Bertz CT molecular complexity index is 478. The summed E-state index contributed by atoms with van der Waals surface area (Å²) in [5.41, 5.74) is 7.35. The van der Waals surface area contributed by atoms with E-state index in [2.05, 4.69) is 6.07 Å². The first-order valence-electron chi connectivity index (χ1n) is 4.86. The van der Waals surface area contributed by atoms with Crippen LogP contribution in [0.2, 0.25) is 0 Å². The van der Waals surface area contributed by atoms with Crippen molar-refractivity contribution in [1.82, 2.24) is 0 Å². The molecule has 76 valence electrons. The van der Waals surface area contributed by atoms with Crippen LogP contribution in [0, 0.1) is 0 Å². The molecule has 2 aliphatic rings. The number of nitrogens with two attached hydrogens (primary N) is 1. The SMILES string of the molecule is NC1=C(F)C=CC2Sc3ccccc3C12. The summed E-state index contributed by atoms with van der Waals surface area (Å²) >= 11 is 1.76. The van der Waals surface area contributed by atoms with E-state index < -0.39 is 0 Å². The van der Waals surface area contributed by atoms with Gasteiger partial charge in [0.25, 0.3) is 0 Å². The van der Waals surface area contributed by atoms with Crippen molar-refractivity contribution in [3.63, 3.8) is 0 Å². The van der Waals surface area contributed by atoms with Crippen LogP contribution in [0.3, 0.4) is 0 Å². The summed E-state index contributed by atoms with van der Waals surface area (Å²) < 4.78 is 13.4. The summed E-state index contributed by atoms with van der Waals surface area (Å²) in [5.74, 6) is -0.259. The van der Waals surface area contributed by atoms with Gasteiger partial charge in [-0.05, 0) is 17.7 Å². The van der Waals surface area contributed by atoms with Crippen molar-refractivity contribution in [2.75, 3.05) is 0 Å². The largest absolute Gasteiger partial charge is 0.399 e.